The molecule has 1 amide bonds. The highest BCUT2D eigenvalue weighted by molar-refractivity contribution is 7.89. The van der Waals surface area contributed by atoms with Crippen LogP contribution in [0.5, 0.6) is 0 Å². The van der Waals surface area contributed by atoms with Gasteiger partial charge < -0.3 is 5.32 Å². The number of carbonyl (C=O) groups is 1. The highest BCUT2D eigenvalue weighted by atomic mass is 32.2. The molecule has 0 unspecified atom stereocenters. The molecule has 3 N–H and O–H groups in total. The first-order valence-electron chi connectivity index (χ1n) is 5.46. The van der Waals surface area contributed by atoms with Crippen molar-refractivity contribution < 1.29 is 13.2 Å². The normalized spacial score (nSPS) is 11.7. The van der Waals surface area contributed by atoms with Crippen molar-refractivity contribution >= 4 is 15.9 Å². The Morgan fingerprint density at radius 2 is 1.94 bits per heavy atom. The Morgan fingerprint density at radius 3 is 2.44 bits per heavy atom. The lowest BCUT2D eigenvalue weighted by Crippen LogP contribution is -2.23. The molecule has 98 valence electrons. The molecule has 5 nitrogen and oxygen atoms in total. The van der Waals surface area contributed by atoms with Gasteiger partial charge in [0.15, 0.2) is 0 Å². The fraction of sp³-hybridized carbons (Fsp3) is 0.250. The first-order chi connectivity index (χ1) is 8.43. The number of nitrogens with one attached hydrogen (secondary N) is 1. The Morgan fingerprint density at radius 1 is 1.33 bits per heavy atom. The van der Waals surface area contributed by atoms with E-state index in [1.807, 2.05) is 0 Å². The molecule has 0 saturated heterocycles. The molecule has 0 atom stereocenters. The zero-order chi connectivity index (χ0) is 13.6. The Labute approximate surface area is 107 Å². The van der Waals surface area contributed by atoms with Crippen molar-refractivity contribution in [2.45, 2.75) is 18.2 Å². The van der Waals surface area contributed by atoms with Gasteiger partial charge in [-0.2, -0.15) is 0 Å². The first kappa shape index (κ1) is 14.4. The average Bonchev–Trinajstić information content (AvgIpc) is 2.29. The van der Waals surface area contributed by atoms with E-state index in [-0.39, 0.29) is 10.8 Å². The van der Waals surface area contributed by atoms with E-state index in [0.29, 0.717) is 13.0 Å². The number of hydrogen-bond acceptors (Lipinski definition) is 3. The van der Waals surface area contributed by atoms with Crippen LogP contribution in [0.4, 0.5) is 0 Å². The molecule has 6 heteroatoms. The second-order valence-corrected chi connectivity index (χ2v) is 5.29. The summed E-state index contributed by atoms with van der Waals surface area (Å²) in [6, 6.07) is 6.28. The van der Waals surface area contributed by atoms with Crippen LogP contribution in [0.15, 0.2) is 41.3 Å². The maximum Gasteiger partial charge on any atom is 0.243 e. The lowest BCUT2D eigenvalue weighted by molar-refractivity contribution is -0.116. The smallest absolute Gasteiger partial charge is 0.243 e. The third-order valence-electron chi connectivity index (χ3n) is 2.28. The highest BCUT2D eigenvalue weighted by Crippen LogP contribution is 2.08. The molecule has 0 spiro atoms. The van der Waals surface area contributed by atoms with Crippen LogP contribution in [-0.4, -0.2) is 20.9 Å². The van der Waals surface area contributed by atoms with Crippen molar-refractivity contribution in [3.8, 4) is 0 Å². The number of carbonyl (C=O) groups excluding carboxylic acids is 1. The van der Waals surface area contributed by atoms with Crippen LogP contribution in [0.25, 0.3) is 0 Å². The molecular weight excluding hydrogens is 252 g/mol. The van der Waals surface area contributed by atoms with Crippen molar-refractivity contribution in [1.82, 2.24) is 5.32 Å². The highest BCUT2D eigenvalue weighted by Gasteiger charge is 2.06. The number of rotatable bonds is 5. The van der Waals surface area contributed by atoms with Gasteiger partial charge in [0.05, 0.1) is 4.90 Å². The summed E-state index contributed by atoms with van der Waals surface area (Å²) in [5.74, 6) is -0.140. The molecule has 1 aromatic rings. The molecule has 0 aliphatic heterocycles. The van der Waals surface area contributed by atoms with Gasteiger partial charge in [-0.25, -0.2) is 13.6 Å². The van der Waals surface area contributed by atoms with Crippen molar-refractivity contribution in [3.63, 3.8) is 0 Å². The van der Waals surface area contributed by atoms with E-state index in [0.717, 1.165) is 5.56 Å². The molecule has 0 saturated carbocycles. The van der Waals surface area contributed by atoms with Gasteiger partial charge in [-0.3, -0.25) is 4.79 Å². The number of primary sulfonamides is 1. The predicted molar refractivity (Wildman–Crippen MR) is 69.3 cm³/mol. The van der Waals surface area contributed by atoms with Gasteiger partial charge in [-0.05, 0) is 37.1 Å². The van der Waals surface area contributed by atoms with E-state index in [1.54, 1.807) is 25.1 Å². The first-order valence-corrected chi connectivity index (χ1v) is 7.00. The molecule has 0 aliphatic carbocycles. The van der Waals surface area contributed by atoms with E-state index < -0.39 is 10.0 Å². The molecule has 18 heavy (non-hydrogen) atoms. The molecule has 0 aromatic heterocycles. The van der Waals surface area contributed by atoms with Gasteiger partial charge in [-0.1, -0.05) is 18.2 Å². The Balaban J connectivity index is 2.52. The third kappa shape index (κ3) is 4.68. The number of allylic oxidation sites excluding steroid dienone is 1. The molecule has 0 fully saturated rings. The van der Waals surface area contributed by atoms with E-state index >= 15 is 0 Å². The third-order valence-corrected chi connectivity index (χ3v) is 3.21. The number of nitrogens with two attached hydrogens (primary N) is 1. The van der Waals surface area contributed by atoms with Crippen LogP contribution < -0.4 is 10.5 Å². The quantitative estimate of drug-likeness (QED) is 0.765. The van der Waals surface area contributed by atoms with Crippen molar-refractivity contribution in [2.75, 3.05) is 6.54 Å². The molecular formula is C12H16N2O3S. The second kappa shape index (κ2) is 6.32. The fourth-order valence-electron chi connectivity index (χ4n) is 1.39. The monoisotopic (exact) mass is 268 g/mol. The van der Waals surface area contributed by atoms with Crippen molar-refractivity contribution in [2.24, 2.45) is 5.14 Å². The van der Waals surface area contributed by atoms with Gasteiger partial charge in [0.25, 0.3) is 0 Å². The van der Waals surface area contributed by atoms with Crippen LogP contribution >= 0.6 is 0 Å². The zero-order valence-corrected chi connectivity index (χ0v) is 10.9. The largest absolute Gasteiger partial charge is 0.352 e. The van der Waals surface area contributed by atoms with Gasteiger partial charge in [-0.15, -0.1) is 0 Å². The van der Waals surface area contributed by atoms with Crippen molar-refractivity contribution in [3.05, 3.63) is 42.0 Å². The maximum atomic E-state index is 11.1. The molecule has 0 heterocycles. The number of hydrogen-bond donors (Lipinski definition) is 2. The number of amides is 1. The summed E-state index contributed by atoms with van der Waals surface area (Å²) in [7, 11) is -3.64. The summed E-state index contributed by atoms with van der Waals surface area (Å²) in [5, 5.41) is 7.70. The molecule has 0 bridgehead atoms. The van der Waals surface area contributed by atoms with Crippen LogP contribution in [0, 0.1) is 0 Å². The SMILES string of the molecule is C/C=C/C(=O)NCCc1ccc(S(N)(=O)=O)cc1. The zero-order valence-electron chi connectivity index (χ0n) is 10.1. The summed E-state index contributed by atoms with van der Waals surface area (Å²) in [6.07, 6.45) is 3.74. The Bertz CT molecular complexity index is 533. The van der Waals surface area contributed by atoms with Gasteiger partial charge >= 0.3 is 0 Å². The molecule has 1 aromatic carbocycles. The lowest BCUT2D eigenvalue weighted by Gasteiger charge is -2.04. The number of benzene rings is 1. The van der Waals surface area contributed by atoms with E-state index in [9.17, 15) is 13.2 Å². The van der Waals surface area contributed by atoms with Crippen molar-refractivity contribution in [1.29, 1.82) is 0 Å². The molecule has 1 rings (SSSR count). The van der Waals surface area contributed by atoms with Gasteiger partial charge in [0, 0.05) is 6.54 Å². The molecule has 0 aliphatic rings. The summed E-state index contributed by atoms with van der Waals surface area (Å²) >= 11 is 0. The summed E-state index contributed by atoms with van der Waals surface area (Å²) in [4.78, 5) is 11.2. The van der Waals surface area contributed by atoms with E-state index in [4.69, 9.17) is 5.14 Å². The summed E-state index contributed by atoms with van der Waals surface area (Å²) < 4.78 is 22.1. The summed E-state index contributed by atoms with van der Waals surface area (Å²) in [6.45, 7) is 2.27. The van der Waals surface area contributed by atoms with Crippen LogP contribution in [0.2, 0.25) is 0 Å². The standard InChI is InChI=1S/C12H16N2O3S/c1-2-3-12(15)14-9-8-10-4-6-11(7-5-10)18(13,16)17/h2-7H,8-9H2,1H3,(H,14,15)(H2,13,16,17)/b3-2+. The topological polar surface area (TPSA) is 89.3 Å². The lowest BCUT2D eigenvalue weighted by atomic mass is 10.1. The second-order valence-electron chi connectivity index (χ2n) is 3.73. The number of sulfonamides is 1. The van der Waals surface area contributed by atoms with Crippen LogP contribution in [0.1, 0.15) is 12.5 Å². The van der Waals surface area contributed by atoms with Crippen LogP contribution in [0.3, 0.4) is 0 Å². The fourth-order valence-corrected chi connectivity index (χ4v) is 1.90. The maximum absolute atomic E-state index is 11.1. The average molecular weight is 268 g/mol. The Hall–Kier alpha value is -1.66. The van der Waals surface area contributed by atoms with Gasteiger partial charge in [0.1, 0.15) is 0 Å². The van der Waals surface area contributed by atoms with Gasteiger partial charge in [0.2, 0.25) is 15.9 Å². The summed E-state index contributed by atoms with van der Waals surface area (Å²) in [5.41, 5.74) is 0.933. The van der Waals surface area contributed by atoms with E-state index in [2.05, 4.69) is 5.32 Å². The predicted octanol–water partition coefficient (Wildman–Crippen LogP) is 0.569. The van der Waals surface area contributed by atoms with E-state index in [1.165, 1.54) is 18.2 Å². The van der Waals surface area contributed by atoms with Crippen LogP contribution in [-0.2, 0) is 21.2 Å². The molecule has 0 radical (unpaired) electrons. The minimum Gasteiger partial charge on any atom is -0.352 e. The minimum atomic E-state index is -3.64. The minimum absolute atomic E-state index is 0.0872. The Kier molecular flexibility index (Phi) is 5.06.